The van der Waals surface area contributed by atoms with Crippen molar-refractivity contribution in [2.75, 3.05) is 13.1 Å². The number of halogens is 2. The van der Waals surface area contributed by atoms with Gasteiger partial charge in [0, 0.05) is 17.7 Å². The molecule has 4 N–H and O–H groups in total. The molecule has 1 heterocycles. The Bertz CT molecular complexity index is 1330. The van der Waals surface area contributed by atoms with E-state index in [9.17, 15) is 29.0 Å². The van der Waals surface area contributed by atoms with Crippen LogP contribution < -0.4 is 10.6 Å². The quantitative estimate of drug-likeness (QED) is 0.254. The highest BCUT2D eigenvalue weighted by molar-refractivity contribution is 6.11. The van der Waals surface area contributed by atoms with Crippen LogP contribution in [0.1, 0.15) is 62.0 Å². The molecule has 206 valence electrons. The van der Waals surface area contributed by atoms with E-state index in [4.69, 9.17) is 4.74 Å². The van der Waals surface area contributed by atoms with Crippen molar-refractivity contribution in [1.29, 1.82) is 0 Å². The van der Waals surface area contributed by atoms with Crippen LogP contribution in [0.25, 0.3) is 0 Å². The van der Waals surface area contributed by atoms with Crippen molar-refractivity contribution in [3.05, 3.63) is 94.3 Å². The fourth-order valence-electron chi connectivity index (χ4n) is 4.37. The van der Waals surface area contributed by atoms with E-state index < -0.39 is 41.0 Å². The number of esters is 1. The van der Waals surface area contributed by atoms with Crippen LogP contribution in [-0.2, 0) is 11.2 Å². The number of amides is 1. The summed E-state index contributed by atoms with van der Waals surface area (Å²) in [5.41, 5.74) is 0.578. The van der Waals surface area contributed by atoms with Gasteiger partial charge >= 0.3 is 5.97 Å². The smallest absolute Gasteiger partial charge is 0.338 e. The van der Waals surface area contributed by atoms with E-state index in [1.54, 1.807) is 6.92 Å². The van der Waals surface area contributed by atoms with Gasteiger partial charge in [0.1, 0.15) is 29.0 Å². The predicted molar refractivity (Wildman–Crippen MR) is 145 cm³/mol. The van der Waals surface area contributed by atoms with Gasteiger partial charge in [-0.1, -0.05) is 25.1 Å². The molecule has 10 heteroatoms. The minimum Gasteiger partial charge on any atom is -0.508 e. The highest BCUT2D eigenvalue weighted by Gasteiger charge is 2.29. The Kier molecular flexibility index (Phi) is 10.0. The molecule has 0 saturated carbocycles. The van der Waals surface area contributed by atoms with Crippen molar-refractivity contribution in [3.63, 3.8) is 0 Å². The number of ether oxygens (including phenoxy) is 1. The lowest BCUT2D eigenvalue weighted by Gasteiger charge is -2.26. The van der Waals surface area contributed by atoms with Gasteiger partial charge in [0.25, 0.3) is 5.91 Å². The molecule has 1 aliphatic heterocycles. The number of phenolic OH excluding ortho intramolecular Hbond substituents is 2. The van der Waals surface area contributed by atoms with Crippen molar-refractivity contribution < 1.29 is 33.7 Å². The van der Waals surface area contributed by atoms with E-state index >= 15 is 0 Å². The first kappa shape index (κ1) is 29.6. The number of ketones is 1. The van der Waals surface area contributed by atoms with E-state index in [0.717, 1.165) is 6.42 Å². The number of carbonyl (C=O) groups excluding carboxylic acids is 3. The van der Waals surface area contributed by atoms with Crippen molar-refractivity contribution in [2.45, 2.75) is 38.3 Å². The SMILES string of the molecule is CCc1ccc(O)c(C(=O)c2ccc(C(=O)O[C@@H]3CCCNC[C@H]3NC(=O)c3ccc(O)cc3)cc2)c1F.Cl. The van der Waals surface area contributed by atoms with Crippen LogP contribution in [0.5, 0.6) is 11.5 Å². The number of hydrogen-bond donors (Lipinski definition) is 4. The average Bonchev–Trinajstić information content (AvgIpc) is 3.14. The van der Waals surface area contributed by atoms with E-state index in [0.29, 0.717) is 37.1 Å². The monoisotopic (exact) mass is 556 g/mol. The average molecular weight is 557 g/mol. The van der Waals surface area contributed by atoms with Crippen molar-refractivity contribution >= 4 is 30.1 Å². The number of benzene rings is 3. The highest BCUT2D eigenvalue weighted by atomic mass is 35.5. The molecule has 3 aromatic carbocycles. The Morgan fingerprint density at radius 3 is 2.28 bits per heavy atom. The maximum absolute atomic E-state index is 14.7. The molecule has 1 aliphatic rings. The third kappa shape index (κ3) is 6.93. The predicted octanol–water partition coefficient (Wildman–Crippen LogP) is 4.16. The lowest BCUT2D eigenvalue weighted by atomic mass is 9.98. The normalized spacial score (nSPS) is 16.9. The van der Waals surface area contributed by atoms with Gasteiger partial charge < -0.3 is 25.6 Å². The number of aromatic hydroxyl groups is 2. The first-order valence-electron chi connectivity index (χ1n) is 12.4. The van der Waals surface area contributed by atoms with E-state index in [1.807, 2.05) is 0 Å². The maximum Gasteiger partial charge on any atom is 0.338 e. The first-order chi connectivity index (χ1) is 18.3. The number of hydrogen-bond acceptors (Lipinski definition) is 7. The Balaban J connectivity index is 0.00000420. The summed E-state index contributed by atoms with van der Waals surface area (Å²) in [7, 11) is 0. The lowest BCUT2D eigenvalue weighted by Crippen LogP contribution is -2.49. The Labute approximate surface area is 231 Å². The molecule has 8 nitrogen and oxygen atoms in total. The molecule has 1 saturated heterocycles. The Morgan fingerprint density at radius 2 is 1.62 bits per heavy atom. The van der Waals surface area contributed by atoms with Gasteiger partial charge in [0.15, 0.2) is 5.78 Å². The molecule has 39 heavy (non-hydrogen) atoms. The zero-order valence-electron chi connectivity index (χ0n) is 21.3. The van der Waals surface area contributed by atoms with Gasteiger partial charge in [-0.15, -0.1) is 12.4 Å². The third-order valence-corrected chi connectivity index (χ3v) is 6.55. The molecule has 4 rings (SSSR count). The number of rotatable bonds is 7. The van der Waals surface area contributed by atoms with Crippen molar-refractivity contribution in [2.24, 2.45) is 0 Å². The summed E-state index contributed by atoms with van der Waals surface area (Å²) in [6.07, 6.45) is 1.04. The summed E-state index contributed by atoms with van der Waals surface area (Å²) >= 11 is 0. The van der Waals surface area contributed by atoms with E-state index in [-0.39, 0.29) is 35.2 Å². The molecule has 0 aromatic heterocycles. The number of aryl methyl sites for hydroxylation is 1. The number of carbonyl (C=O) groups is 3. The summed E-state index contributed by atoms with van der Waals surface area (Å²) in [6, 6.07) is 13.7. The van der Waals surface area contributed by atoms with Crippen LogP contribution in [0, 0.1) is 5.82 Å². The highest BCUT2D eigenvalue weighted by Crippen LogP contribution is 2.27. The van der Waals surface area contributed by atoms with Crippen LogP contribution in [0.3, 0.4) is 0 Å². The molecule has 1 amide bonds. The minimum atomic E-state index is -0.761. The molecule has 0 spiro atoms. The topological polar surface area (TPSA) is 125 Å². The van der Waals surface area contributed by atoms with Gasteiger partial charge in [-0.25, -0.2) is 9.18 Å². The summed E-state index contributed by atoms with van der Waals surface area (Å²) in [5.74, 6) is -2.83. The van der Waals surface area contributed by atoms with Gasteiger partial charge in [-0.2, -0.15) is 0 Å². The van der Waals surface area contributed by atoms with Crippen LogP contribution >= 0.6 is 12.4 Å². The van der Waals surface area contributed by atoms with Crippen LogP contribution in [0.2, 0.25) is 0 Å². The molecule has 2 atom stereocenters. The Morgan fingerprint density at radius 1 is 0.974 bits per heavy atom. The minimum absolute atomic E-state index is 0. The van der Waals surface area contributed by atoms with Gasteiger partial charge in [-0.05, 0) is 73.8 Å². The largest absolute Gasteiger partial charge is 0.508 e. The molecule has 1 fully saturated rings. The molecule has 0 radical (unpaired) electrons. The molecule has 0 unspecified atom stereocenters. The van der Waals surface area contributed by atoms with E-state index in [1.165, 1.54) is 60.7 Å². The third-order valence-electron chi connectivity index (χ3n) is 6.55. The zero-order valence-corrected chi connectivity index (χ0v) is 22.1. The van der Waals surface area contributed by atoms with Gasteiger partial charge in [0.2, 0.25) is 0 Å². The van der Waals surface area contributed by atoms with Crippen molar-refractivity contribution in [3.8, 4) is 11.5 Å². The molecular weight excluding hydrogens is 527 g/mol. The summed E-state index contributed by atoms with van der Waals surface area (Å²) < 4.78 is 20.5. The second kappa shape index (κ2) is 13.2. The first-order valence-corrected chi connectivity index (χ1v) is 12.4. The zero-order chi connectivity index (χ0) is 27.2. The lowest BCUT2D eigenvalue weighted by molar-refractivity contribution is 0.0192. The molecular formula is C29H30ClFN2O6. The van der Waals surface area contributed by atoms with Crippen LogP contribution in [0.4, 0.5) is 4.39 Å². The molecule has 3 aromatic rings. The van der Waals surface area contributed by atoms with E-state index in [2.05, 4.69) is 10.6 Å². The fraction of sp³-hybridized carbons (Fsp3) is 0.276. The van der Waals surface area contributed by atoms with Crippen LogP contribution in [-0.4, -0.2) is 53.1 Å². The summed E-state index contributed by atoms with van der Waals surface area (Å²) in [5, 5.41) is 25.7. The fourth-order valence-corrected chi connectivity index (χ4v) is 4.37. The van der Waals surface area contributed by atoms with Crippen molar-refractivity contribution in [1.82, 2.24) is 10.6 Å². The number of nitrogens with one attached hydrogen (secondary N) is 2. The molecule has 0 bridgehead atoms. The standard InChI is InChI=1S/C29H29FN2O6.ClH/c1-2-17-11-14-23(34)25(26(17)30)27(35)18-5-7-20(8-6-18)29(37)38-24-4-3-15-31-16-22(24)32-28(36)19-9-12-21(33)13-10-19;/h5-14,22,24,31,33-34H,2-4,15-16H2,1H3,(H,32,36);1H/t22-,24-;/m1./s1. The summed E-state index contributed by atoms with van der Waals surface area (Å²) in [4.78, 5) is 38.5. The molecule has 0 aliphatic carbocycles. The summed E-state index contributed by atoms with van der Waals surface area (Å²) in [6.45, 7) is 2.86. The second-order valence-electron chi connectivity index (χ2n) is 9.11. The Hall–Kier alpha value is -3.95. The number of phenols is 2. The second-order valence-corrected chi connectivity index (χ2v) is 9.11. The maximum atomic E-state index is 14.7. The van der Waals surface area contributed by atoms with Crippen LogP contribution in [0.15, 0.2) is 60.7 Å². The van der Waals surface area contributed by atoms with Gasteiger partial charge in [-0.3, -0.25) is 9.59 Å². The van der Waals surface area contributed by atoms with Gasteiger partial charge in [0.05, 0.1) is 11.6 Å².